The summed E-state index contributed by atoms with van der Waals surface area (Å²) in [5, 5.41) is 8.35. The minimum absolute atomic E-state index is 0.134. The predicted octanol–water partition coefficient (Wildman–Crippen LogP) is 4.19. The molecule has 4 rings (SSSR count). The number of hydrogen-bond donors (Lipinski definition) is 2. The highest BCUT2D eigenvalue weighted by Crippen LogP contribution is 2.23. The number of nitrogens with one attached hydrogen (secondary N) is 2. The molecule has 10 heteroatoms. The van der Waals surface area contributed by atoms with E-state index in [4.69, 9.17) is 57.1 Å². The van der Waals surface area contributed by atoms with Crippen LogP contribution >= 0.6 is 47.6 Å². The Morgan fingerprint density at radius 1 is 0.647 bits per heavy atom. The first-order chi connectivity index (χ1) is 16.5. The molecular weight excluding hydrogens is 511 g/mol. The Labute approximate surface area is 221 Å². The fourth-order valence-electron chi connectivity index (χ4n) is 4.11. The van der Waals surface area contributed by atoms with Crippen LogP contribution in [-0.2, 0) is 9.47 Å². The first-order valence-electron chi connectivity index (χ1n) is 11.3. The average Bonchev–Trinajstić information content (AvgIpc) is 2.88. The zero-order chi connectivity index (χ0) is 23.9. The number of ether oxygens (including phenoxy) is 2. The van der Waals surface area contributed by atoms with E-state index in [-0.39, 0.29) is 12.3 Å². The van der Waals surface area contributed by atoms with Crippen molar-refractivity contribution >= 4 is 57.6 Å². The van der Waals surface area contributed by atoms with Gasteiger partial charge in [0.25, 0.3) is 0 Å². The van der Waals surface area contributed by atoms with Crippen LogP contribution in [0, 0.1) is 0 Å². The van der Waals surface area contributed by atoms with Crippen LogP contribution in [0.5, 0.6) is 0 Å². The Bertz CT molecular complexity index is 886. The summed E-state index contributed by atoms with van der Waals surface area (Å²) in [6.45, 7) is 5.89. The lowest BCUT2D eigenvalue weighted by molar-refractivity contribution is 0.0122. The van der Waals surface area contributed by atoms with Gasteiger partial charge in [-0.15, -0.1) is 0 Å². The Morgan fingerprint density at radius 3 is 1.29 bits per heavy atom. The predicted molar refractivity (Wildman–Crippen MR) is 145 cm³/mol. The molecule has 6 nitrogen and oxygen atoms in total. The molecule has 0 aromatic heterocycles. The van der Waals surface area contributed by atoms with Crippen LogP contribution in [0.25, 0.3) is 0 Å². The van der Waals surface area contributed by atoms with E-state index in [0.29, 0.717) is 46.4 Å². The molecule has 0 saturated carbocycles. The maximum Gasteiger partial charge on any atom is 0.135 e. The van der Waals surface area contributed by atoms with Gasteiger partial charge < -0.3 is 20.1 Å². The van der Waals surface area contributed by atoms with E-state index in [1.165, 1.54) is 0 Å². The molecule has 0 aliphatic carbocycles. The minimum Gasteiger partial charge on any atom is -0.379 e. The van der Waals surface area contributed by atoms with Gasteiger partial charge in [0, 0.05) is 36.2 Å². The summed E-state index contributed by atoms with van der Waals surface area (Å²) in [5.41, 5.74) is 2.14. The SMILES string of the molecule is S=C(NC(c1ccc(Cl)cc1)N1CCOCC1)C(=S)NC(c1ccc(Cl)cc1)N1CCOCC1. The van der Waals surface area contributed by atoms with E-state index in [0.717, 1.165) is 37.3 Å². The molecule has 34 heavy (non-hydrogen) atoms. The van der Waals surface area contributed by atoms with Crippen molar-refractivity contribution < 1.29 is 9.47 Å². The highest BCUT2D eigenvalue weighted by atomic mass is 35.5. The number of morpholine rings is 2. The van der Waals surface area contributed by atoms with Gasteiger partial charge in [-0.25, -0.2) is 0 Å². The first-order valence-corrected chi connectivity index (χ1v) is 12.8. The number of nitrogens with zero attached hydrogens (tertiary/aromatic N) is 2. The van der Waals surface area contributed by atoms with Crippen molar-refractivity contribution in [2.45, 2.75) is 12.3 Å². The molecule has 0 amide bonds. The summed E-state index contributed by atoms with van der Waals surface area (Å²) >= 11 is 23.8. The summed E-state index contributed by atoms with van der Waals surface area (Å²) < 4.78 is 11.1. The van der Waals surface area contributed by atoms with Gasteiger partial charge in [-0.05, 0) is 35.4 Å². The fourth-order valence-corrected chi connectivity index (χ4v) is 4.70. The van der Waals surface area contributed by atoms with Gasteiger partial charge in [0.05, 0.1) is 26.4 Å². The lowest BCUT2D eigenvalue weighted by Gasteiger charge is -2.37. The Hall–Kier alpha value is -1.36. The molecule has 2 aromatic carbocycles. The maximum atomic E-state index is 6.12. The van der Waals surface area contributed by atoms with E-state index in [1.54, 1.807) is 0 Å². The van der Waals surface area contributed by atoms with E-state index in [9.17, 15) is 0 Å². The van der Waals surface area contributed by atoms with Crippen molar-refractivity contribution in [3.63, 3.8) is 0 Å². The van der Waals surface area contributed by atoms with E-state index < -0.39 is 0 Å². The molecule has 2 N–H and O–H groups in total. The molecule has 182 valence electrons. The molecule has 0 radical (unpaired) electrons. The third kappa shape index (κ3) is 6.86. The van der Waals surface area contributed by atoms with E-state index >= 15 is 0 Å². The molecule has 2 aromatic rings. The molecule has 2 heterocycles. The third-order valence-corrected chi connectivity index (χ3v) is 7.21. The zero-order valence-corrected chi connectivity index (χ0v) is 21.9. The standard InChI is InChI=1S/C24H28Cl2N4O2S2/c25-19-5-1-17(2-6-19)21(29-9-13-31-14-10-29)27-23(33)24(34)28-22(30-11-15-32-16-12-30)18-3-7-20(26)8-4-18/h1-8,21-22H,9-16H2,(H,27,33)(H,28,34). The molecule has 2 unspecified atom stereocenters. The van der Waals surface area contributed by atoms with Crippen molar-refractivity contribution in [1.82, 2.24) is 20.4 Å². The van der Waals surface area contributed by atoms with Crippen LogP contribution in [0.2, 0.25) is 10.0 Å². The van der Waals surface area contributed by atoms with Crippen LogP contribution < -0.4 is 10.6 Å². The van der Waals surface area contributed by atoms with Gasteiger partial charge in [-0.1, -0.05) is 71.9 Å². The van der Waals surface area contributed by atoms with Crippen LogP contribution in [0.1, 0.15) is 23.5 Å². The van der Waals surface area contributed by atoms with E-state index in [2.05, 4.69) is 20.4 Å². The summed E-state index contributed by atoms with van der Waals surface area (Å²) in [6, 6.07) is 15.6. The van der Waals surface area contributed by atoms with Gasteiger partial charge in [-0.3, -0.25) is 9.80 Å². The quantitative estimate of drug-likeness (QED) is 0.531. The molecular formula is C24H28Cl2N4O2S2. The number of rotatable bonds is 6. The second-order valence-electron chi connectivity index (χ2n) is 8.15. The van der Waals surface area contributed by atoms with Crippen LogP contribution in [0.15, 0.2) is 48.5 Å². The van der Waals surface area contributed by atoms with Crippen LogP contribution in [-0.4, -0.2) is 72.4 Å². The van der Waals surface area contributed by atoms with Gasteiger partial charge in [0.1, 0.15) is 22.3 Å². The Balaban J connectivity index is 1.50. The first kappa shape index (κ1) is 25.7. The maximum absolute atomic E-state index is 6.12. The number of halogens is 2. The monoisotopic (exact) mass is 538 g/mol. The molecule has 2 aliphatic heterocycles. The van der Waals surface area contributed by atoms with Crippen LogP contribution in [0.3, 0.4) is 0 Å². The Kier molecular flexibility index (Phi) is 9.50. The lowest BCUT2D eigenvalue weighted by atomic mass is 10.1. The topological polar surface area (TPSA) is 49.0 Å². The minimum atomic E-state index is -0.134. The zero-order valence-electron chi connectivity index (χ0n) is 18.7. The summed E-state index contributed by atoms with van der Waals surface area (Å²) in [5.74, 6) is 0. The van der Waals surface area contributed by atoms with Crippen molar-refractivity contribution in [2.24, 2.45) is 0 Å². The molecule has 0 spiro atoms. The number of benzene rings is 2. The lowest BCUT2D eigenvalue weighted by Crippen LogP contribution is -2.51. The highest BCUT2D eigenvalue weighted by Gasteiger charge is 2.27. The van der Waals surface area contributed by atoms with E-state index in [1.807, 2.05) is 48.5 Å². The van der Waals surface area contributed by atoms with Gasteiger partial charge in [0.15, 0.2) is 0 Å². The third-order valence-electron chi connectivity index (χ3n) is 5.93. The molecule has 0 bridgehead atoms. The Morgan fingerprint density at radius 2 is 0.971 bits per heavy atom. The second-order valence-corrected chi connectivity index (χ2v) is 9.84. The average molecular weight is 540 g/mol. The molecule has 2 fully saturated rings. The van der Waals surface area contributed by atoms with Gasteiger partial charge in [0.2, 0.25) is 0 Å². The van der Waals surface area contributed by atoms with Gasteiger partial charge in [-0.2, -0.15) is 0 Å². The van der Waals surface area contributed by atoms with Gasteiger partial charge >= 0.3 is 0 Å². The smallest absolute Gasteiger partial charge is 0.135 e. The largest absolute Gasteiger partial charge is 0.379 e. The normalized spacial score (nSPS) is 19.2. The van der Waals surface area contributed by atoms with Crippen molar-refractivity contribution in [2.75, 3.05) is 52.6 Å². The summed E-state index contributed by atoms with van der Waals surface area (Å²) in [6.07, 6.45) is -0.267. The van der Waals surface area contributed by atoms with Crippen molar-refractivity contribution in [1.29, 1.82) is 0 Å². The fraction of sp³-hybridized carbons (Fsp3) is 0.417. The van der Waals surface area contributed by atoms with Crippen molar-refractivity contribution in [3.8, 4) is 0 Å². The summed E-state index contributed by atoms with van der Waals surface area (Å²) in [7, 11) is 0. The molecule has 2 atom stereocenters. The summed E-state index contributed by atoms with van der Waals surface area (Å²) in [4.78, 5) is 5.60. The highest BCUT2D eigenvalue weighted by molar-refractivity contribution is 7.89. The second kappa shape index (κ2) is 12.6. The number of hydrogen-bond acceptors (Lipinski definition) is 6. The number of thiocarbonyl (C=S) groups is 2. The molecule has 2 saturated heterocycles. The van der Waals surface area contributed by atoms with Crippen LogP contribution in [0.4, 0.5) is 0 Å². The van der Waals surface area contributed by atoms with Crippen molar-refractivity contribution in [3.05, 3.63) is 69.7 Å². The molecule has 2 aliphatic rings.